The van der Waals surface area contributed by atoms with E-state index in [-0.39, 0.29) is 55.2 Å². The van der Waals surface area contributed by atoms with E-state index in [0.717, 1.165) is 0 Å². The molecule has 0 saturated heterocycles. The van der Waals surface area contributed by atoms with Gasteiger partial charge in [0.2, 0.25) is 5.91 Å². The van der Waals surface area contributed by atoms with Crippen LogP contribution in [0.25, 0.3) is 0 Å². The molecule has 0 unspecified atom stereocenters. The summed E-state index contributed by atoms with van der Waals surface area (Å²) in [4.78, 5) is 41.5. The molecule has 0 aromatic heterocycles. The molecule has 1 heterocycles. The van der Waals surface area contributed by atoms with Crippen molar-refractivity contribution in [2.24, 2.45) is 5.92 Å². The summed E-state index contributed by atoms with van der Waals surface area (Å²) in [7, 11) is 4.78. The lowest BCUT2D eigenvalue weighted by atomic mass is 10.0. The Labute approximate surface area is 201 Å². The number of nitrogens with zero attached hydrogens (tertiary/aromatic N) is 2. The van der Waals surface area contributed by atoms with E-state index in [1.807, 2.05) is 27.7 Å². The number of likely N-dealkylation sites (N-methyl/N-ethyl adjacent to an activating group) is 1. The molecule has 0 saturated carbocycles. The Hall–Kier alpha value is -2.85. The van der Waals surface area contributed by atoms with Crippen LogP contribution in [0.3, 0.4) is 0 Å². The third kappa shape index (κ3) is 7.33. The summed E-state index contributed by atoms with van der Waals surface area (Å²) in [6.45, 7) is 8.52. The Balaban J connectivity index is 2.41. The van der Waals surface area contributed by atoms with E-state index >= 15 is 0 Å². The molecule has 2 N–H and O–H groups in total. The van der Waals surface area contributed by atoms with Crippen LogP contribution in [0.15, 0.2) is 18.2 Å². The number of hydrogen-bond acceptors (Lipinski definition) is 6. The summed E-state index contributed by atoms with van der Waals surface area (Å²) in [5.41, 5.74) is 0.783. The van der Waals surface area contributed by atoms with E-state index in [9.17, 15) is 14.4 Å². The molecule has 0 aliphatic carbocycles. The fourth-order valence-corrected chi connectivity index (χ4v) is 3.84. The largest absolute Gasteiger partial charge is 0.491 e. The number of fused-ring (bicyclic) bond motifs is 1. The molecule has 4 amide bonds. The van der Waals surface area contributed by atoms with E-state index in [4.69, 9.17) is 14.2 Å². The van der Waals surface area contributed by atoms with E-state index in [1.54, 1.807) is 42.2 Å². The smallest absolute Gasteiger partial charge is 0.319 e. The van der Waals surface area contributed by atoms with Gasteiger partial charge in [-0.1, -0.05) is 6.92 Å². The molecule has 1 aromatic carbocycles. The molecule has 0 radical (unpaired) electrons. The first-order valence-electron chi connectivity index (χ1n) is 11.5. The van der Waals surface area contributed by atoms with E-state index in [1.165, 1.54) is 7.11 Å². The van der Waals surface area contributed by atoms with Gasteiger partial charge in [-0.05, 0) is 39.0 Å². The predicted molar refractivity (Wildman–Crippen MR) is 129 cm³/mol. The fourth-order valence-electron chi connectivity index (χ4n) is 3.84. The van der Waals surface area contributed by atoms with Crippen molar-refractivity contribution in [3.63, 3.8) is 0 Å². The molecule has 10 heteroatoms. The van der Waals surface area contributed by atoms with Crippen LogP contribution in [-0.4, -0.2) is 93.4 Å². The minimum absolute atomic E-state index is 0.0291. The van der Waals surface area contributed by atoms with Crippen molar-refractivity contribution in [2.75, 3.05) is 52.9 Å². The molecule has 0 bridgehead atoms. The number of ether oxygens (including phenoxy) is 3. The Morgan fingerprint density at radius 2 is 1.91 bits per heavy atom. The molecule has 0 fully saturated rings. The Bertz CT molecular complexity index is 862. The van der Waals surface area contributed by atoms with Crippen LogP contribution in [-0.2, 0) is 14.3 Å². The van der Waals surface area contributed by atoms with Crippen molar-refractivity contribution < 1.29 is 28.6 Å². The summed E-state index contributed by atoms with van der Waals surface area (Å²) < 4.78 is 16.8. The summed E-state index contributed by atoms with van der Waals surface area (Å²) in [5, 5.41) is 5.51. The number of carbonyl (C=O) groups is 3. The second kappa shape index (κ2) is 12.6. The van der Waals surface area contributed by atoms with Crippen molar-refractivity contribution in [3.05, 3.63) is 23.8 Å². The van der Waals surface area contributed by atoms with Crippen LogP contribution in [0.5, 0.6) is 5.75 Å². The maximum atomic E-state index is 13.4. The van der Waals surface area contributed by atoms with Gasteiger partial charge in [-0.15, -0.1) is 0 Å². The minimum atomic E-state index is -0.362. The Kier molecular flexibility index (Phi) is 10.1. The van der Waals surface area contributed by atoms with Crippen molar-refractivity contribution in [1.29, 1.82) is 0 Å². The van der Waals surface area contributed by atoms with Crippen molar-refractivity contribution in [2.45, 2.75) is 45.9 Å². The van der Waals surface area contributed by atoms with Gasteiger partial charge in [0.25, 0.3) is 5.91 Å². The first kappa shape index (κ1) is 27.4. The van der Waals surface area contributed by atoms with Gasteiger partial charge in [0.15, 0.2) is 0 Å². The maximum absolute atomic E-state index is 13.4. The zero-order chi connectivity index (χ0) is 25.4. The second-order valence-corrected chi connectivity index (χ2v) is 9.04. The molecule has 1 aliphatic rings. The number of nitrogens with one attached hydrogen (secondary N) is 2. The number of carbonyl (C=O) groups excluding carboxylic acids is 3. The normalized spacial score (nSPS) is 21.8. The molecular formula is C24H38N4O6. The van der Waals surface area contributed by atoms with Crippen LogP contribution in [0.4, 0.5) is 10.5 Å². The summed E-state index contributed by atoms with van der Waals surface area (Å²) in [5.74, 6) is -0.0641. The van der Waals surface area contributed by atoms with Gasteiger partial charge in [0, 0.05) is 52.0 Å². The zero-order valence-electron chi connectivity index (χ0n) is 21.2. The lowest BCUT2D eigenvalue weighted by molar-refractivity contribution is -0.139. The number of urea groups is 1. The minimum Gasteiger partial charge on any atom is -0.491 e. The van der Waals surface area contributed by atoms with Gasteiger partial charge in [0.05, 0.1) is 17.7 Å². The zero-order valence-corrected chi connectivity index (χ0v) is 21.2. The van der Waals surface area contributed by atoms with Gasteiger partial charge in [-0.3, -0.25) is 9.59 Å². The lowest BCUT2D eigenvalue weighted by Crippen LogP contribution is -2.49. The number of amides is 4. The Morgan fingerprint density at radius 1 is 1.21 bits per heavy atom. The highest BCUT2D eigenvalue weighted by molar-refractivity contribution is 5.99. The maximum Gasteiger partial charge on any atom is 0.319 e. The predicted octanol–water partition coefficient (Wildman–Crippen LogP) is 2.20. The van der Waals surface area contributed by atoms with E-state index < -0.39 is 0 Å². The molecule has 190 valence electrons. The van der Waals surface area contributed by atoms with Crippen LogP contribution in [0.1, 0.15) is 38.1 Å². The van der Waals surface area contributed by atoms with Crippen molar-refractivity contribution in [3.8, 4) is 5.75 Å². The van der Waals surface area contributed by atoms with Crippen LogP contribution in [0, 0.1) is 5.92 Å². The number of benzene rings is 1. The van der Waals surface area contributed by atoms with E-state index in [2.05, 4.69) is 10.6 Å². The molecule has 2 rings (SSSR count). The quantitative estimate of drug-likeness (QED) is 0.672. The second-order valence-electron chi connectivity index (χ2n) is 9.04. The molecule has 1 aliphatic heterocycles. The van der Waals surface area contributed by atoms with E-state index in [0.29, 0.717) is 30.1 Å². The molecule has 10 nitrogen and oxygen atoms in total. The number of methoxy groups -OCH3 is 2. The highest BCUT2D eigenvalue weighted by Gasteiger charge is 2.30. The molecule has 3 atom stereocenters. The molecular weight excluding hydrogens is 440 g/mol. The van der Waals surface area contributed by atoms with Gasteiger partial charge in [-0.25, -0.2) is 4.79 Å². The SMILES string of the molecule is COCC(=O)N1C[C@H](C)[C@@H](OC)CN(C)C(=O)c2cc(NC(=O)NC(C)C)ccc2OC[C@H]1C. The highest BCUT2D eigenvalue weighted by atomic mass is 16.5. The van der Waals surface area contributed by atoms with Crippen LogP contribution < -0.4 is 15.4 Å². The van der Waals surface area contributed by atoms with Crippen LogP contribution >= 0.6 is 0 Å². The fraction of sp³-hybridized carbons (Fsp3) is 0.625. The monoisotopic (exact) mass is 478 g/mol. The van der Waals surface area contributed by atoms with Gasteiger partial charge in [0.1, 0.15) is 19.0 Å². The lowest BCUT2D eigenvalue weighted by Gasteiger charge is -2.36. The number of hydrogen-bond donors (Lipinski definition) is 2. The first-order valence-corrected chi connectivity index (χ1v) is 11.5. The third-order valence-corrected chi connectivity index (χ3v) is 5.71. The van der Waals surface area contributed by atoms with Gasteiger partial charge in [-0.2, -0.15) is 0 Å². The third-order valence-electron chi connectivity index (χ3n) is 5.71. The summed E-state index contributed by atoms with van der Waals surface area (Å²) >= 11 is 0. The Morgan fingerprint density at radius 3 is 2.53 bits per heavy atom. The first-order chi connectivity index (χ1) is 16.1. The summed E-state index contributed by atoms with van der Waals surface area (Å²) in [6.07, 6.45) is -0.291. The van der Waals surface area contributed by atoms with Gasteiger partial charge < -0.3 is 34.6 Å². The number of anilines is 1. The highest BCUT2D eigenvalue weighted by Crippen LogP contribution is 2.26. The average Bonchev–Trinajstić information content (AvgIpc) is 2.77. The molecule has 0 spiro atoms. The van der Waals surface area contributed by atoms with Crippen molar-refractivity contribution >= 4 is 23.5 Å². The topological polar surface area (TPSA) is 109 Å². The average molecular weight is 479 g/mol. The number of rotatable bonds is 5. The summed E-state index contributed by atoms with van der Waals surface area (Å²) in [6, 6.07) is 4.28. The molecule has 34 heavy (non-hydrogen) atoms. The van der Waals surface area contributed by atoms with Gasteiger partial charge >= 0.3 is 6.03 Å². The van der Waals surface area contributed by atoms with Crippen LogP contribution in [0.2, 0.25) is 0 Å². The standard InChI is InChI=1S/C24H38N4O6/c1-15(2)25-24(31)26-18-8-9-20-19(10-18)23(30)27(5)12-21(33-7)16(3)11-28(17(4)13-34-20)22(29)14-32-6/h8-10,15-17,21H,11-14H2,1-7H3,(H2,25,26,31)/t16-,17+,21-/m0/s1. The molecule has 1 aromatic rings. The van der Waals surface area contributed by atoms with Crippen molar-refractivity contribution in [1.82, 2.24) is 15.1 Å².